The molecule has 3 nitrogen and oxygen atoms in total. The molecule has 1 saturated carbocycles. The van der Waals surface area contributed by atoms with Crippen LogP contribution in [0.3, 0.4) is 0 Å². The number of hydrogen-bond donors (Lipinski definition) is 1. The molecule has 2 heterocycles. The standard InChI is InChI=1S/C21H18F2N2O/c1-12(26)25-11-21(9-10-21)18-13-5-2-3-8-16(13)24-19(18)20(25)17-14(22)6-4-7-15(17)23/h2-8,20,24H,9-11H2,1H3. The van der Waals surface area contributed by atoms with Gasteiger partial charge in [0.1, 0.15) is 17.7 Å². The normalized spacial score (nSPS) is 20.4. The molecule has 1 aromatic heterocycles. The number of rotatable bonds is 1. The van der Waals surface area contributed by atoms with Crippen LogP contribution in [0.2, 0.25) is 0 Å². The third-order valence-corrected chi connectivity index (χ3v) is 5.85. The first-order valence-corrected chi connectivity index (χ1v) is 8.84. The van der Waals surface area contributed by atoms with Crippen LogP contribution in [0.25, 0.3) is 10.9 Å². The quantitative estimate of drug-likeness (QED) is 0.691. The van der Waals surface area contributed by atoms with Crippen molar-refractivity contribution in [2.45, 2.75) is 31.2 Å². The Hall–Kier alpha value is -2.69. The predicted octanol–water partition coefficient (Wildman–Crippen LogP) is 4.43. The molecule has 0 bridgehead atoms. The van der Waals surface area contributed by atoms with Crippen LogP contribution in [-0.2, 0) is 10.2 Å². The number of para-hydroxylation sites is 1. The molecule has 1 fully saturated rings. The molecule has 5 heteroatoms. The summed E-state index contributed by atoms with van der Waals surface area (Å²) >= 11 is 0. The number of halogens is 2. The lowest BCUT2D eigenvalue weighted by Crippen LogP contribution is -2.45. The first-order valence-electron chi connectivity index (χ1n) is 8.84. The van der Waals surface area contributed by atoms with Crippen LogP contribution >= 0.6 is 0 Å². The van der Waals surface area contributed by atoms with Gasteiger partial charge in [-0.2, -0.15) is 0 Å². The summed E-state index contributed by atoms with van der Waals surface area (Å²) < 4.78 is 29.3. The van der Waals surface area contributed by atoms with Gasteiger partial charge >= 0.3 is 0 Å². The average molecular weight is 352 g/mol. The molecule has 1 aliphatic heterocycles. The second-order valence-electron chi connectivity index (χ2n) is 7.42. The molecule has 2 aromatic carbocycles. The molecule has 2 aliphatic rings. The second kappa shape index (κ2) is 5.16. The van der Waals surface area contributed by atoms with Crippen molar-refractivity contribution < 1.29 is 13.6 Å². The van der Waals surface area contributed by atoms with E-state index < -0.39 is 17.7 Å². The minimum atomic E-state index is -0.776. The van der Waals surface area contributed by atoms with Crippen molar-refractivity contribution in [2.24, 2.45) is 0 Å². The van der Waals surface area contributed by atoms with Crippen molar-refractivity contribution in [3.63, 3.8) is 0 Å². The number of carbonyl (C=O) groups is 1. The van der Waals surface area contributed by atoms with E-state index in [2.05, 4.69) is 4.98 Å². The lowest BCUT2D eigenvalue weighted by Gasteiger charge is -2.40. The topological polar surface area (TPSA) is 36.1 Å². The summed E-state index contributed by atoms with van der Waals surface area (Å²) in [6.07, 6.45) is 1.97. The number of benzene rings is 2. The Morgan fingerprint density at radius 1 is 1.12 bits per heavy atom. The highest BCUT2D eigenvalue weighted by molar-refractivity contribution is 5.88. The van der Waals surface area contributed by atoms with E-state index >= 15 is 0 Å². The van der Waals surface area contributed by atoms with Crippen molar-refractivity contribution in [1.82, 2.24) is 9.88 Å². The molecular formula is C21H18F2N2O. The number of nitrogens with one attached hydrogen (secondary N) is 1. The Balaban J connectivity index is 1.84. The van der Waals surface area contributed by atoms with Gasteiger partial charge in [-0.1, -0.05) is 24.3 Å². The average Bonchev–Trinajstić information content (AvgIpc) is 3.25. The number of nitrogens with zero attached hydrogens (tertiary/aromatic N) is 1. The predicted molar refractivity (Wildman–Crippen MR) is 94.8 cm³/mol. The van der Waals surface area contributed by atoms with Gasteiger partial charge in [0.05, 0.1) is 5.56 Å². The fourth-order valence-corrected chi connectivity index (χ4v) is 4.52. The number of fused-ring (bicyclic) bond motifs is 4. The molecule has 3 aromatic rings. The summed E-state index contributed by atoms with van der Waals surface area (Å²) in [5, 5.41) is 1.09. The van der Waals surface area contributed by atoms with Gasteiger partial charge in [0.15, 0.2) is 0 Å². The van der Waals surface area contributed by atoms with Crippen LogP contribution in [0.15, 0.2) is 42.5 Å². The van der Waals surface area contributed by atoms with Gasteiger partial charge in [0.25, 0.3) is 0 Å². The summed E-state index contributed by atoms with van der Waals surface area (Å²) in [5.74, 6) is -1.43. The van der Waals surface area contributed by atoms with Crippen molar-refractivity contribution in [3.05, 3.63) is 70.9 Å². The summed E-state index contributed by atoms with van der Waals surface area (Å²) in [5.41, 5.74) is 2.65. The van der Waals surface area contributed by atoms with Crippen LogP contribution < -0.4 is 0 Å². The molecule has 1 spiro atoms. The van der Waals surface area contributed by atoms with Gasteiger partial charge < -0.3 is 9.88 Å². The summed E-state index contributed by atoms with van der Waals surface area (Å²) in [6.45, 7) is 1.96. The molecule has 1 amide bonds. The maximum Gasteiger partial charge on any atom is 0.220 e. The number of amides is 1. The van der Waals surface area contributed by atoms with E-state index in [0.29, 0.717) is 6.54 Å². The molecule has 1 aliphatic carbocycles. The molecule has 26 heavy (non-hydrogen) atoms. The highest BCUT2D eigenvalue weighted by Gasteiger charge is 2.54. The van der Waals surface area contributed by atoms with Gasteiger partial charge in [0.2, 0.25) is 5.91 Å². The maximum atomic E-state index is 14.6. The highest BCUT2D eigenvalue weighted by atomic mass is 19.1. The highest BCUT2D eigenvalue weighted by Crippen LogP contribution is 2.58. The number of hydrogen-bond acceptors (Lipinski definition) is 1. The number of H-pyrrole nitrogens is 1. The van der Waals surface area contributed by atoms with Crippen LogP contribution in [-0.4, -0.2) is 22.3 Å². The zero-order chi connectivity index (χ0) is 18.1. The van der Waals surface area contributed by atoms with Crippen LogP contribution in [0, 0.1) is 11.6 Å². The first-order chi connectivity index (χ1) is 12.5. The Kier molecular flexibility index (Phi) is 3.09. The van der Waals surface area contributed by atoms with Crippen molar-refractivity contribution in [2.75, 3.05) is 6.54 Å². The van der Waals surface area contributed by atoms with Gasteiger partial charge in [-0.25, -0.2) is 8.78 Å². The molecular weight excluding hydrogens is 334 g/mol. The van der Waals surface area contributed by atoms with E-state index in [-0.39, 0.29) is 16.9 Å². The number of aromatic nitrogens is 1. The summed E-state index contributed by atoms with van der Waals surface area (Å²) in [7, 11) is 0. The van der Waals surface area contributed by atoms with E-state index in [9.17, 15) is 13.6 Å². The molecule has 1 atom stereocenters. The third kappa shape index (κ3) is 2.00. The largest absolute Gasteiger partial charge is 0.356 e. The summed E-state index contributed by atoms with van der Waals surface area (Å²) in [4.78, 5) is 17.4. The van der Waals surface area contributed by atoms with Crippen molar-refractivity contribution >= 4 is 16.8 Å². The Morgan fingerprint density at radius 3 is 2.46 bits per heavy atom. The van der Waals surface area contributed by atoms with E-state index in [1.54, 1.807) is 4.90 Å². The van der Waals surface area contributed by atoms with Gasteiger partial charge in [-0.05, 0) is 36.6 Å². The monoisotopic (exact) mass is 352 g/mol. The lowest BCUT2D eigenvalue weighted by atomic mass is 9.83. The summed E-state index contributed by atoms with van der Waals surface area (Å²) in [6, 6.07) is 11.0. The fourth-order valence-electron chi connectivity index (χ4n) is 4.52. The van der Waals surface area contributed by atoms with Crippen LogP contribution in [0.5, 0.6) is 0 Å². The van der Waals surface area contributed by atoms with E-state index in [1.165, 1.54) is 25.1 Å². The van der Waals surface area contributed by atoms with Crippen molar-refractivity contribution in [3.8, 4) is 0 Å². The lowest BCUT2D eigenvalue weighted by molar-refractivity contribution is -0.131. The van der Waals surface area contributed by atoms with E-state index in [4.69, 9.17) is 0 Å². The Bertz CT molecular complexity index is 1030. The van der Waals surface area contributed by atoms with Gasteiger partial charge in [-0.3, -0.25) is 4.79 Å². The van der Waals surface area contributed by atoms with E-state index in [1.807, 2.05) is 24.3 Å². The Labute approximate surface area is 149 Å². The number of aromatic amines is 1. The third-order valence-electron chi connectivity index (χ3n) is 5.85. The molecule has 132 valence electrons. The Morgan fingerprint density at radius 2 is 1.81 bits per heavy atom. The maximum absolute atomic E-state index is 14.6. The smallest absolute Gasteiger partial charge is 0.220 e. The first kappa shape index (κ1) is 15.6. The zero-order valence-corrected chi connectivity index (χ0v) is 14.4. The molecule has 1 N–H and O–H groups in total. The van der Waals surface area contributed by atoms with Crippen molar-refractivity contribution in [1.29, 1.82) is 0 Å². The van der Waals surface area contributed by atoms with E-state index in [0.717, 1.165) is 35.0 Å². The zero-order valence-electron chi connectivity index (χ0n) is 14.4. The number of carbonyl (C=O) groups excluding carboxylic acids is 1. The van der Waals surface area contributed by atoms with Gasteiger partial charge in [-0.15, -0.1) is 0 Å². The van der Waals surface area contributed by atoms with Crippen LogP contribution in [0.4, 0.5) is 8.78 Å². The molecule has 0 saturated heterocycles. The minimum Gasteiger partial charge on any atom is -0.356 e. The minimum absolute atomic E-state index is 0.0639. The van der Waals surface area contributed by atoms with Crippen LogP contribution in [0.1, 0.15) is 42.6 Å². The molecule has 1 unspecified atom stereocenters. The molecule has 0 radical (unpaired) electrons. The van der Waals surface area contributed by atoms with Gasteiger partial charge in [0, 0.05) is 35.5 Å². The second-order valence-corrected chi connectivity index (χ2v) is 7.42. The SMILES string of the molecule is CC(=O)N1CC2(CC2)c2c([nH]c3ccccc23)C1c1c(F)cccc1F. The molecule has 5 rings (SSSR count). The fraction of sp³-hybridized carbons (Fsp3) is 0.286.